The first-order valence-corrected chi connectivity index (χ1v) is 9.95. The van der Waals surface area contributed by atoms with Crippen molar-refractivity contribution in [3.8, 4) is 5.75 Å². The maximum atomic E-state index is 12.2. The molecule has 0 aliphatic rings. The predicted molar refractivity (Wildman–Crippen MR) is 107 cm³/mol. The standard InChI is InChI=1S/C20H24N2O4S/c1-14(2)16-6-5-7-17(13-16)22-20(23)11-9-15-8-10-18(26-4)19(12-15)27(24,25)21-3/h5-14,21H,1-4H3,(H,22,23)/b11-9+. The van der Waals surface area contributed by atoms with Gasteiger partial charge in [0.2, 0.25) is 15.9 Å². The van der Waals surface area contributed by atoms with Crippen LogP contribution in [0, 0.1) is 0 Å². The lowest BCUT2D eigenvalue weighted by molar-refractivity contribution is -0.111. The van der Waals surface area contributed by atoms with E-state index in [0.29, 0.717) is 17.2 Å². The predicted octanol–water partition coefficient (Wildman–Crippen LogP) is 3.38. The zero-order valence-corrected chi connectivity index (χ0v) is 16.6. The van der Waals surface area contributed by atoms with Crippen LogP contribution in [0.5, 0.6) is 5.75 Å². The van der Waals surface area contributed by atoms with E-state index in [4.69, 9.17) is 4.74 Å². The van der Waals surface area contributed by atoms with Gasteiger partial charge in [-0.1, -0.05) is 32.0 Å². The fourth-order valence-corrected chi connectivity index (χ4v) is 3.38. The van der Waals surface area contributed by atoms with Gasteiger partial charge in [0.25, 0.3) is 0 Å². The molecule has 0 heterocycles. The number of methoxy groups -OCH3 is 1. The maximum Gasteiger partial charge on any atom is 0.248 e. The fraction of sp³-hybridized carbons (Fsp3) is 0.250. The number of rotatable bonds is 7. The van der Waals surface area contributed by atoms with Gasteiger partial charge in [-0.3, -0.25) is 4.79 Å². The average molecular weight is 388 g/mol. The summed E-state index contributed by atoms with van der Waals surface area (Å²) in [5.41, 5.74) is 2.41. The van der Waals surface area contributed by atoms with Crippen molar-refractivity contribution in [2.75, 3.05) is 19.5 Å². The van der Waals surface area contributed by atoms with Crippen LogP contribution < -0.4 is 14.8 Å². The van der Waals surface area contributed by atoms with E-state index in [1.165, 1.54) is 26.3 Å². The number of nitrogens with one attached hydrogen (secondary N) is 2. The van der Waals surface area contributed by atoms with E-state index in [-0.39, 0.29) is 16.6 Å². The first-order valence-electron chi connectivity index (χ1n) is 8.47. The molecule has 0 saturated carbocycles. The van der Waals surface area contributed by atoms with Crippen LogP contribution in [0.15, 0.2) is 53.4 Å². The van der Waals surface area contributed by atoms with Crippen molar-refractivity contribution in [3.63, 3.8) is 0 Å². The molecule has 7 heteroatoms. The van der Waals surface area contributed by atoms with Crippen LogP contribution in [0.4, 0.5) is 5.69 Å². The van der Waals surface area contributed by atoms with Crippen molar-refractivity contribution < 1.29 is 17.9 Å². The van der Waals surface area contributed by atoms with Crippen LogP contribution in [0.2, 0.25) is 0 Å². The fourth-order valence-electron chi connectivity index (χ4n) is 2.45. The number of benzene rings is 2. The Morgan fingerprint density at radius 2 is 1.89 bits per heavy atom. The van der Waals surface area contributed by atoms with Gasteiger partial charge in [-0.2, -0.15) is 0 Å². The highest BCUT2D eigenvalue weighted by Crippen LogP contribution is 2.25. The molecule has 0 fully saturated rings. The van der Waals surface area contributed by atoms with Gasteiger partial charge in [0.1, 0.15) is 10.6 Å². The van der Waals surface area contributed by atoms with Gasteiger partial charge in [-0.05, 0) is 54.4 Å². The minimum absolute atomic E-state index is 0.0136. The van der Waals surface area contributed by atoms with Crippen molar-refractivity contribution in [2.24, 2.45) is 0 Å². The molecule has 2 aromatic carbocycles. The first-order chi connectivity index (χ1) is 12.8. The molecule has 0 saturated heterocycles. The van der Waals surface area contributed by atoms with E-state index < -0.39 is 10.0 Å². The van der Waals surface area contributed by atoms with Gasteiger partial charge in [0, 0.05) is 11.8 Å². The topological polar surface area (TPSA) is 84.5 Å². The molecule has 1 amide bonds. The van der Waals surface area contributed by atoms with Crippen LogP contribution in [0.1, 0.15) is 30.9 Å². The molecular formula is C20H24N2O4S. The third kappa shape index (κ3) is 5.42. The molecule has 0 atom stereocenters. The van der Waals surface area contributed by atoms with E-state index in [9.17, 15) is 13.2 Å². The Kier molecular flexibility index (Phi) is 6.76. The first kappa shape index (κ1) is 20.7. The van der Waals surface area contributed by atoms with E-state index in [2.05, 4.69) is 23.9 Å². The molecule has 0 unspecified atom stereocenters. The SMILES string of the molecule is CNS(=O)(=O)c1cc(/C=C/C(=O)Nc2cccc(C(C)C)c2)ccc1OC. The monoisotopic (exact) mass is 388 g/mol. The highest BCUT2D eigenvalue weighted by atomic mass is 32.2. The number of hydrogen-bond acceptors (Lipinski definition) is 4. The summed E-state index contributed by atoms with van der Waals surface area (Å²) < 4.78 is 31.6. The second kappa shape index (κ2) is 8.83. The summed E-state index contributed by atoms with van der Waals surface area (Å²) in [5.74, 6) is 0.297. The summed E-state index contributed by atoms with van der Waals surface area (Å²) in [6.45, 7) is 4.17. The van der Waals surface area contributed by atoms with Crippen LogP contribution in [-0.2, 0) is 14.8 Å². The number of carbonyl (C=O) groups is 1. The Morgan fingerprint density at radius 1 is 1.15 bits per heavy atom. The van der Waals surface area contributed by atoms with Gasteiger partial charge in [0.05, 0.1) is 7.11 Å². The van der Waals surface area contributed by atoms with Crippen molar-refractivity contribution in [1.82, 2.24) is 4.72 Å². The van der Waals surface area contributed by atoms with Crippen molar-refractivity contribution in [2.45, 2.75) is 24.7 Å². The summed E-state index contributed by atoms with van der Waals surface area (Å²) in [6, 6.07) is 12.3. The van der Waals surface area contributed by atoms with Crippen molar-refractivity contribution in [3.05, 3.63) is 59.7 Å². The second-order valence-electron chi connectivity index (χ2n) is 6.22. The normalized spacial score (nSPS) is 11.7. The lowest BCUT2D eigenvalue weighted by Gasteiger charge is -2.09. The zero-order valence-electron chi connectivity index (χ0n) is 15.8. The van der Waals surface area contributed by atoms with Crippen LogP contribution >= 0.6 is 0 Å². The van der Waals surface area contributed by atoms with Gasteiger partial charge in [-0.15, -0.1) is 0 Å². The highest BCUT2D eigenvalue weighted by Gasteiger charge is 2.17. The van der Waals surface area contributed by atoms with Crippen LogP contribution in [-0.4, -0.2) is 28.5 Å². The molecule has 0 radical (unpaired) electrons. The van der Waals surface area contributed by atoms with Gasteiger partial charge >= 0.3 is 0 Å². The Labute approximate surface area is 160 Å². The number of amides is 1. The van der Waals surface area contributed by atoms with Gasteiger partial charge < -0.3 is 10.1 Å². The molecule has 6 nitrogen and oxygen atoms in total. The zero-order chi connectivity index (χ0) is 20.0. The molecule has 27 heavy (non-hydrogen) atoms. The third-order valence-corrected chi connectivity index (χ3v) is 5.43. The number of ether oxygens (including phenoxy) is 1. The minimum Gasteiger partial charge on any atom is -0.495 e. The molecule has 0 aliphatic carbocycles. The maximum absolute atomic E-state index is 12.2. The minimum atomic E-state index is -3.67. The number of sulfonamides is 1. The Bertz CT molecular complexity index is 950. The molecule has 2 N–H and O–H groups in total. The molecule has 0 spiro atoms. The van der Waals surface area contributed by atoms with Crippen molar-refractivity contribution >= 4 is 27.7 Å². The average Bonchev–Trinajstić information content (AvgIpc) is 2.66. The molecule has 0 aromatic heterocycles. The highest BCUT2D eigenvalue weighted by molar-refractivity contribution is 7.89. The van der Waals surface area contributed by atoms with Gasteiger partial charge in [0.15, 0.2) is 0 Å². The van der Waals surface area contributed by atoms with Crippen LogP contribution in [0.3, 0.4) is 0 Å². The number of carbonyl (C=O) groups excluding carboxylic acids is 1. The smallest absolute Gasteiger partial charge is 0.248 e. The van der Waals surface area contributed by atoms with E-state index >= 15 is 0 Å². The van der Waals surface area contributed by atoms with Crippen LogP contribution in [0.25, 0.3) is 6.08 Å². The van der Waals surface area contributed by atoms with Gasteiger partial charge in [-0.25, -0.2) is 13.1 Å². The second-order valence-corrected chi connectivity index (χ2v) is 8.08. The summed E-state index contributed by atoms with van der Waals surface area (Å²) in [5, 5.41) is 2.80. The van der Waals surface area contributed by atoms with Crippen molar-refractivity contribution in [1.29, 1.82) is 0 Å². The Balaban J connectivity index is 2.19. The molecule has 0 aliphatic heterocycles. The molecule has 2 rings (SSSR count). The van der Waals surface area contributed by atoms with E-state index in [1.807, 2.05) is 24.3 Å². The van der Waals surface area contributed by atoms with E-state index in [0.717, 1.165) is 5.56 Å². The lowest BCUT2D eigenvalue weighted by atomic mass is 10.0. The Hall–Kier alpha value is -2.64. The summed E-state index contributed by atoms with van der Waals surface area (Å²) in [7, 11) is -0.943. The quantitative estimate of drug-likeness (QED) is 0.712. The summed E-state index contributed by atoms with van der Waals surface area (Å²) >= 11 is 0. The molecule has 144 valence electrons. The molecule has 0 bridgehead atoms. The van der Waals surface area contributed by atoms with E-state index in [1.54, 1.807) is 18.2 Å². The summed E-state index contributed by atoms with van der Waals surface area (Å²) in [4.78, 5) is 12.2. The number of anilines is 1. The molecule has 2 aromatic rings. The summed E-state index contributed by atoms with van der Waals surface area (Å²) in [6.07, 6.45) is 2.91. The number of hydrogen-bond donors (Lipinski definition) is 2. The molecular weight excluding hydrogens is 364 g/mol. The third-order valence-electron chi connectivity index (χ3n) is 3.99. The Morgan fingerprint density at radius 3 is 2.52 bits per heavy atom. The largest absolute Gasteiger partial charge is 0.495 e. The lowest BCUT2D eigenvalue weighted by Crippen LogP contribution is -2.19.